The second kappa shape index (κ2) is 9.69. The molecule has 1 aliphatic rings. The van der Waals surface area contributed by atoms with Gasteiger partial charge in [0.05, 0.1) is 12.6 Å². The summed E-state index contributed by atoms with van der Waals surface area (Å²) in [6.45, 7) is 3.47. The molecule has 3 heterocycles. The largest absolute Gasteiger partial charge is 0.573 e. The fourth-order valence-corrected chi connectivity index (χ4v) is 3.94. The van der Waals surface area contributed by atoms with Crippen molar-refractivity contribution >= 4 is 5.91 Å². The minimum Gasteiger partial charge on any atom is -0.406 e. The second-order valence-corrected chi connectivity index (χ2v) is 8.59. The number of nitrogens with zero attached hydrogens (tertiary/aromatic N) is 5. The summed E-state index contributed by atoms with van der Waals surface area (Å²) in [6.07, 6.45) is -4.68. The lowest BCUT2D eigenvalue weighted by Crippen LogP contribution is -2.54. The van der Waals surface area contributed by atoms with Gasteiger partial charge in [-0.2, -0.15) is 10.1 Å². The first kappa shape index (κ1) is 24.5. The Morgan fingerprint density at radius 2 is 1.89 bits per heavy atom. The van der Waals surface area contributed by atoms with Crippen molar-refractivity contribution in [3.63, 3.8) is 0 Å². The van der Waals surface area contributed by atoms with E-state index in [9.17, 15) is 18.0 Å². The molecule has 1 saturated heterocycles. The smallest absolute Gasteiger partial charge is 0.406 e. The number of methoxy groups -OCH3 is 1. The standard InChI is InChI=1S/C25H22F3N5O4/c1-15-10-21(23-29-22(31-37-23)17-6-8-19(9-7-17)36-25(26,27)28)30-33(15)12-16-4-3-5-18(11-16)24(34)32-13-20(14-32)35-2/h3-11,20H,12-14H2,1-2H3. The van der Waals surface area contributed by atoms with Crippen molar-refractivity contribution in [2.45, 2.75) is 25.9 Å². The molecule has 0 radical (unpaired) electrons. The molecule has 192 valence electrons. The van der Waals surface area contributed by atoms with E-state index < -0.39 is 6.36 Å². The molecule has 0 atom stereocenters. The molecule has 0 unspecified atom stereocenters. The minimum atomic E-state index is -4.77. The van der Waals surface area contributed by atoms with E-state index in [1.54, 1.807) is 28.8 Å². The molecule has 5 rings (SSSR count). The van der Waals surface area contributed by atoms with E-state index in [2.05, 4.69) is 20.0 Å². The first-order chi connectivity index (χ1) is 17.7. The number of alkyl halides is 3. The summed E-state index contributed by atoms with van der Waals surface area (Å²) in [5, 5.41) is 8.47. The lowest BCUT2D eigenvalue weighted by Gasteiger charge is -2.38. The van der Waals surface area contributed by atoms with Crippen LogP contribution in [0.15, 0.2) is 59.1 Å². The summed E-state index contributed by atoms with van der Waals surface area (Å²) in [5.41, 5.74) is 3.25. The molecular formula is C25H22F3N5O4. The lowest BCUT2D eigenvalue weighted by molar-refractivity contribution is -0.274. The maximum atomic E-state index is 12.7. The fraction of sp³-hybridized carbons (Fsp3) is 0.280. The number of amides is 1. The normalized spacial score (nSPS) is 14.0. The van der Waals surface area contributed by atoms with Gasteiger partial charge in [0.2, 0.25) is 5.82 Å². The van der Waals surface area contributed by atoms with Crippen molar-refractivity contribution in [1.29, 1.82) is 0 Å². The zero-order chi connectivity index (χ0) is 26.2. The highest BCUT2D eigenvalue weighted by Gasteiger charge is 2.32. The molecule has 1 amide bonds. The van der Waals surface area contributed by atoms with Crippen LogP contribution in [0.1, 0.15) is 21.6 Å². The van der Waals surface area contributed by atoms with Crippen LogP contribution in [0.4, 0.5) is 13.2 Å². The van der Waals surface area contributed by atoms with Crippen LogP contribution in [0, 0.1) is 6.92 Å². The Hall–Kier alpha value is -4.19. The van der Waals surface area contributed by atoms with Crippen LogP contribution in [0.3, 0.4) is 0 Å². The van der Waals surface area contributed by atoms with Crippen molar-refractivity contribution in [3.05, 3.63) is 71.4 Å². The number of hydrogen-bond acceptors (Lipinski definition) is 7. The van der Waals surface area contributed by atoms with Gasteiger partial charge in [-0.15, -0.1) is 13.2 Å². The Labute approximate surface area is 209 Å². The van der Waals surface area contributed by atoms with Crippen molar-refractivity contribution in [2.24, 2.45) is 0 Å². The monoisotopic (exact) mass is 513 g/mol. The van der Waals surface area contributed by atoms with E-state index in [4.69, 9.17) is 9.26 Å². The lowest BCUT2D eigenvalue weighted by atomic mass is 10.1. The summed E-state index contributed by atoms with van der Waals surface area (Å²) >= 11 is 0. The first-order valence-corrected chi connectivity index (χ1v) is 11.3. The summed E-state index contributed by atoms with van der Waals surface area (Å²) in [5.74, 6) is -0.0101. The molecule has 0 N–H and O–H groups in total. The van der Waals surface area contributed by atoms with Gasteiger partial charge in [-0.1, -0.05) is 17.3 Å². The van der Waals surface area contributed by atoms with Crippen LogP contribution in [0.2, 0.25) is 0 Å². The van der Waals surface area contributed by atoms with Crippen LogP contribution < -0.4 is 4.74 Å². The molecule has 1 fully saturated rings. The van der Waals surface area contributed by atoms with Crippen molar-refractivity contribution in [3.8, 4) is 28.7 Å². The SMILES string of the molecule is COC1CN(C(=O)c2cccc(Cn3nc(-c4nc(-c5ccc(OC(F)(F)F)cc5)no4)cc3C)c2)C1. The summed E-state index contributed by atoms with van der Waals surface area (Å²) in [7, 11) is 1.64. The average molecular weight is 513 g/mol. The van der Waals surface area contributed by atoms with Gasteiger partial charge in [-0.05, 0) is 55.0 Å². The first-order valence-electron chi connectivity index (χ1n) is 11.3. The quantitative estimate of drug-likeness (QED) is 0.363. The van der Waals surface area contributed by atoms with Crippen LogP contribution >= 0.6 is 0 Å². The molecule has 0 spiro atoms. The minimum absolute atomic E-state index is 0.0376. The number of rotatable bonds is 7. The van der Waals surface area contributed by atoms with E-state index in [1.807, 2.05) is 25.1 Å². The number of aryl methyl sites for hydroxylation is 1. The van der Waals surface area contributed by atoms with Gasteiger partial charge in [0.15, 0.2) is 5.69 Å². The van der Waals surface area contributed by atoms with Gasteiger partial charge >= 0.3 is 6.36 Å². The fourth-order valence-electron chi connectivity index (χ4n) is 3.94. The second-order valence-electron chi connectivity index (χ2n) is 8.59. The zero-order valence-corrected chi connectivity index (χ0v) is 19.9. The van der Waals surface area contributed by atoms with E-state index in [0.29, 0.717) is 36.5 Å². The maximum Gasteiger partial charge on any atom is 0.573 e. The third-order valence-corrected chi connectivity index (χ3v) is 5.95. The predicted octanol–water partition coefficient (Wildman–Crippen LogP) is 4.33. The van der Waals surface area contributed by atoms with Crippen molar-refractivity contribution in [1.82, 2.24) is 24.8 Å². The molecule has 0 saturated carbocycles. The summed E-state index contributed by atoms with van der Waals surface area (Å²) < 4.78 is 53.3. The molecule has 2 aromatic heterocycles. The van der Waals surface area contributed by atoms with Crippen molar-refractivity contribution in [2.75, 3.05) is 20.2 Å². The number of carbonyl (C=O) groups excluding carboxylic acids is 1. The topological polar surface area (TPSA) is 95.5 Å². The average Bonchev–Trinajstić information content (AvgIpc) is 3.45. The number of benzene rings is 2. The number of ether oxygens (including phenoxy) is 2. The van der Waals surface area contributed by atoms with E-state index in [0.717, 1.165) is 11.3 Å². The molecule has 9 nitrogen and oxygen atoms in total. The molecular weight excluding hydrogens is 491 g/mol. The Balaban J connectivity index is 1.28. The Morgan fingerprint density at radius 3 is 2.59 bits per heavy atom. The van der Waals surface area contributed by atoms with Crippen molar-refractivity contribution < 1.29 is 32.0 Å². The number of carbonyl (C=O) groups is 1. The van der Waals surface area contributed by atoms with Gasteiger partial charge in [0.1, 0.15) is 5.75 Å². The summed E-state index contributed by atoms with van der Waals surface area (Å²) in [6, 6.07) is 14.3. The van der Waals surface area contributed by atoms with Gasteiger partial charge < -0.3 is 18.9 Å². The zero-order valence-electron chi connectivity index (χ0n) is 19.9. The van der Waals surface area contributed by atoms with Crippen LogP contribution in [0.5, 0.6) is 5.75 Å². The molecule has 37 heavy (non-hydrogen) atoms. The van der Waals surface area contributed by atoms with E-state index in [1.165, 1.54) is 24.3 Å². The third kappa shape index (κ3) is 5.48. The molecule has 1 aliphatic heterocycles. The molecule has 0 aliphatic carbocycles. The number of hydrogen-bond donors (Lipinski definition) is 0. The highest BCUT2D eigenvalue weighted by Crippen LogP contribution is 2.27. The number of halogens is 3. The van der Waals surface area contributed by atoms with Crippen LogP contribution in [-0.2, 0) is 11.3 Å². The van der Waals surface area contributed by atoms with Gasteiger partial charge in [0, 0.05) is 37.0 Å². The maximum absolute atomic E-state index is 12.7. The molecule has 12 heteroatoms. The number of aromatic nitrogens is 4. The Kier molecular flexibility index (Phi) is 6.42. The molecule has 2 aromatic carbocycles. The van der Waals surface area contributed by atoms with Gasteiger partial charge in [0.25, 0.3) is 11.8 Å². The summed E-state index contributed by atoms with van der Waals surface area (Å²) in [4.78, 5) is 18.8. The van der Waals surface area contributed by atoms with Gasteiger partial charge in [-0.3, -0.25) is 9.48 Å². The molecule has 0 bridgehead atoms. The predicted molar refractivity (Wildman–Crippen MR) is 125 cm³/mol. The highest BCUT2D eigenvalue weighted by atomic mass is 19.4. The number of likely N-dealkylation sites (tertiary alicyclic amines) is 1. The van der Waals surface area contributed by atoms with E-state index in [-0.39, 0.29) is 29.5 Å². The molecule has 4 aromatic rings. The van der Waals surface area contributed by atoms with E-state index >= 15 is 0 Å². The highest BCUT2D eigenvalue weighted by molar-refractivity contribution is 5.95. The van der Waals surface area contributed by atoms with Gasteiger partial charge in [-0.25, -0.2) is 0 Å². The van der Waals surface area contributed by atoms with Crippen LogP contribution in [-0.4, -0.2) is 63.4 Å². The Bertz CT molecular complexity index is 1410. The van der Waals surface area contributed by atoms with Crippen LogP contribution in [0.25, 0.3) is 23.0 Å². The Morgan fingerprint density at radius 1 is 1.14 bits per heavy atom. The third-order valence-electron chi connectivity index (χ3n) is 5.95.